The Labute approximate surface area is 178 Å². The lowest BCUT2D eigenvalue weighted by Gasteiger charge is -2.36. The molecule has 1 aromatic heterocycles. The molecule has 3 aromatic rings. The average molecular weight is 423 g/mol. The highest BCUT2D eigenvalue weighted by molar-refractivity contribution is 5.95. The smallest absolute Gasteiger partial charge is 0.259 e. The molecule has 31 heavy (non-hydrogen) atoms. The SMILES string of the molecule is Cc1ccc(F)c(C(=O)N2CCN(c3nc4ccccc4nc3NC3CC3)CC2)c1F. The summed E-state index contributed by atoms with van der Waals surface area (Å²) in [5.41, 5.74) is 1.41. The second-order valence-electron chi connectivity index (χ2n) is 8.14. The van der Waals surface area contributed by atoms with Gasteiger partial charge >= 0.3 is 0 Å². The van der Waals surface area contributed by atoms with E-state index in [1.807, 2.05) is 24.3 Å². The molecule has 0 atom stereocenters. The van der Waals surface area contributed by atoms with Crippen molar-refractivity contribution in [1.29, 1.82) is 0 Å². The number of rotatable bonds is 4. The fraction of sp³-hybridized carbons (Fsp3) is 0.348. The fourth-order valence-electron chi connectivity index (χ4n) is 3.86. The Bertz CT molecular complexity index is 1160. The first kappa shape index (κ1) is 19.7. The zero-order chi connectivity index (χ0) is 21.5. The van der Waals surface area contributed by atoms with Crippen LogP contribution in [0.1, 0.15) is 28.8 Å². The van der Waals surface area contributed by atoms with Gasteiger partial charge in [0.1, 0.15) is 17.2 Å². The van der Waals surface area contributed by atoms with Crippen molar-refractivity contribution >= 4 is 28.6 Å². The molecule has 2 heterocycles. The Morgan fingerprint density at radius 1 is 1.00 bits per heavy atom. The number of halogens is 2. The minimum Gasteiger partial charge on any atom is -0.364 e. The van der Waals surface area contributed by atoms with Crippen LogP contribution >= 0.6 is 0 Å². The normalized spacial score (nSPS) is 16.6. The summed E-state index contributed by atoms with van der Waals surface area (Å²) in [4.78, 5) is 26.0. The van der Waals surface area contributed by atoms with E-state index < -0.39 is 23.1 Å². The Morgan fingerprint density at radius 2 is 1.68 bits per heavy atom. The molecule has 1 saturated carbocycles. The number of nitrogens with zero attached hydrogens (tertiary/aromatic N) is 4. The van der Waals surface area contributed by atoms with Gasteiger partial charge in [0.2, 0.25) is 0 Å². The number of fused-ring (bicyclic) bond motifs is 1. The van der Waals surface area contributed by atoms with Crippen LogP contribution < -0.4 is 10.2 Å². The van der Waals surface area contributed by atoms with Crippen LogP contribution in [0.2, 0.25) is 0 Å². The first-order chi connectivity index (χ1) is 15.0. The van der Waals surface area contributed by atoms with E-state index in [1.54, 1.807) is 0 Å². The number of hydrogen-bond acceptors (Lipinski definition) is 5. The molecule has 0 spiro atoms. The van der Waals surface area contributed by atoms with Crippen molar-refractivity contribution in [2.45, 2.75) is 25.8 Å². The third-order valence-electron chi connectivity index (χ3n) is 5.83. The number of hydrogen-bond donors (Lipinski definition) is 1. The highest BCUT2D eigenvalue weighted by Crippen LogP contribution is 2.31. The highest BCUT2D eigenvalue weighted by atomic mass is 19.1. The number of anilines is 2. The molecule has 1 saturated heterocycles. The van der Waals surface area contributed by atoms with Crippen molar-refractivity contribution in [2.75, 3.05) is 36.4 Å². The Balaban J connectivity index is 1.37. The molecule has 0 bridgehead atoms. The first-order valence-corrected chi connectivity index (χ1v) is 10.5. The van der Waals surface area contributed by atoms with Crippen molar-refractivity contribution in [1.82, 2.24) is 14.9 Å². The molecule has 1 amide bonds. The van der Waals surface area contributed by atoms with Crippen LogP contribution in [0.5, 0.6) is 0 Å². The summed E-state index contributed by atoms with van der Waals surface area (Å²) in [6, 6.07) is 10.6. The van der Waals surface area contributed by atoms with Crippen molar-refractivity contribution in [3.05, 3.63) is 59.2 Å². The van der Waals surface area contributed by atoms with E-state index >= 15 is 0 Å². The summed E-state index contributed by atoms with van der Waals surface area (Å²) in [6.07, 6.45) is 2.23. The number of carbonyl (C=O) groups excluding carboxylic acids is 1. The molecule has 5 rings (SSSR count). The van der Waals surface area contributed by atoms with E-state index in [-0.39, 0.29) is 5.56 Å². The lowest BCUT2D eigenvalue weighted by molar-refractivity contribution is 0.0736. The van der Waals surface area contributed by atoms with Gasteiger partial charge in [-0.2, -0.15) is 0 Å². The van der Waals surface area contributed by atoms with Crippen molar-refractivity contribution in [3.63, 3.8) is 0 Å². The number of nitrogens with one attached hydrogen (secondary N) is 1. The Morgan fingerprint density at radius 3 is 2.35 bits per heavy atom. The predicted octanol–water partition coefficient (Wildman–Crippen LogP) is 3.75. The average Bonchev–Trinajstić information content (AvgIpc) is 3.60. The van der Waals surface area contributed by atoms with Crippen LogP contribution in [-0.2, 0) is 0 Å². The zero-order valence-corrected chi connectivity index (χ0v) is 17.2. The molecule has 0 radical (unpaired) electrons. The van der Waals surface area contributed by atoms with E-state index in [0.29, 0.717) is 32.2 Å². The molecule has 0 unspecified atom stereocenters. The monoisotopic (exact) mass is 423 g/mol. The maximum Gasteiger partial charge on any atom is 0.259 e. The molecule has 1 aliphatic carbocycles. The molecule has 2 aliphatic rings. The van der Waals surface area contributed by atoms with E-state index in [0.717, 1.165) is 41.6 Å². The summed E-state index contributed by atoms with van der Waals surface area (Å²) in [5.74, 6) is -0.725. The van der Waals surface area contributed by atoms with Crippen LogP contribution in [0, 0.1) is 18.6 Å². The van der Waals surface area contributed by atoms with Gasteiger partial charge in [0.25, 0.3) is 5.91 Å². The Hall–Kier alpha value is -3.29. The highest BCUT2D eigenvalue weighted by Gasteiger charge is 2.30. The van der Waals surface area contributed by atoms with Gasteiger partial charge in [0, 0.05) is 32.2 Å². The first-order valence-electron chi connectivity index (χ1n) is 10.5. The summed E-state index contributed by atoms with van der Waals surface area (Å²) in [7, 11) is 0. The third kappa shape index (κ3) is 3.78. The predicted molar refractivity (Wildman–Crippen MR) is 115 cm³/mol. The topological polar surface area (TPSA) is 61.4 Å². The summed E-state index contributed by atoms with van der Waals surface area (Å²) >= 11 is 0. The molecule has 6 nitrogen and oxygen atoms in total. The van der Waals surface area contributed by atoms with E-state index in [2.05, 4.69) is 10.2 Å². The van der Waals surface area contributed by atoms with E-state index in [9.17, 15) is 13.6 Å². The number of aromatic nitrogens is 2. The number of para-hydroxylation sites is 2. The largest absolute Gasteiger partial charge is 0.364 e. The molecule has 160 valence electrons. The molecule has 1 aliphatic heterocycles. The van der Waals surface area contributed by atoms with Gasteiger partial charge in [-0.1, -0.05) is 18.2 Å². The fourth-order valence-corrected chi connectivity index (χ4v) is 3.86. The van der Waals surface area contributed by atoms with Gasteiger partial charge in [0.05, 0.1) is 11.0 Å². The second kappa shape index (κ2) is 7.76. The van der Waals surface area contributed by atoms with E-state index in [4.69, 9.17) is 9.97 Å². The summed E-state index contributed by atoms with van der Waals surface area (Å²) in [5, 5.41) is 3.46. The van der Waals surface area contributed by atoms with Gasteiger partial charge in [-0.05, 0) is 43.5 Å². The van der Waals surface area contributed by atoms with Gasteiger partial charge in [-0.3, -0.25) is 4.79 Å². The van der Waals surface area contributed by atoms with Crippen molar-refractivity contribution in [3.8, 4) is 0 Å². The van der Waals surface area contributed by atoms with Gasteiger partial charge in [0.15, 0.2) is 11.6 Å². The summed E-state index contributed by atoms with van der Waals surface area (Å²) in [6.45, 7) is 3.24. The molecule has 2 aromatic carbocycles. The Kier molecular flexibility index (Phi) is 4.92. The maximum absolute atomic E-state index is 14.4. The van der Waals surface area contributed by atoms with Crippen LogP contribution in [0.15, 0.2) is 36.4 Å². The number of carbonyl (C=O) groups is 1. The number of aryl methyl sites for hydroxylation is 1. The second-order valence-corrected chi connectivity index (χ2v) is 8.14. The maximum atomic E-state index is 14.4. The summed E-state index contributed by atoms with van der Waals surface area (Å²) < 4.78 is 28.6. The van der Waals surface area contributed by atoms with Crippen molar-refractivity contribution in [2.24, 2.45) is 0 Å². The number of amides is 1. The lowest BCUT2D eigenvalue weighted by atomic mass is 10.1. The van der Waals surface area contributed by atoms with Crippen LogP contribution in [-0.4, -0.2) is 53.0 Å². The lowest BCUT2D eigenvalue weighted by Crippen LogP contribution is -2.49. The number of benzene rings is 2. The number of piperazine rings is 1. The van der Waals surface area contributed by atoms with Crippen LogP contribution in [0.3, 0.4) is 0 Å². The zero-order valence-electron chi connectivity index (χ0n) is 17.2. The molecule has 2 fully saturated rings. The minimum absolute atomic E-state index is 0.255. The third-order valence-corrected chi connectivity index (χ3v) is 5.83. The molecular formula is C23H23F2N5O. The van der Waals surface area contributed by atoms with E-state index in [1.165, 1.54) is 17.9 Å². The van der Waals surface area contributed by atoms with Crippen LogP contribution in [0.25, 0.3) is 11.0 Å². The van der Waals surface area contributed by atoms with Gasteiger partial charge in [-0.25, -0.2) is 18.7 Å². The van der Waals surface area contributed by atoms with Crippen molar-refractivity contribution < 1.29 is 13.6 Å². The van der Waals surface area contributed by atoms with Gasteiger partial charge in [-0.15, -0.1) is 0 Å². The molecule has 8 heteroatoms. The van der Waals surface area contributed by atoms with Crippen LogP contribution in [0.4, 0.5) is 20.4 Å². The molecular weight excluding hydrogens is 400 g/mol. The minimum atomic E-state index is -0.827. The quantitative estimate of drug-likeness (QED) is 0.693. The molecule has 1 N–H and O–H groups in total. The standard InChI is InChI=1S/C23H23F2N5O/c1-14-6-9-16(24)19(20(14)25)23(31)30-12-10-29(11-13-30)22-21(26-15-7-8-15)27-17-4-2-3-5-18(17)28-22/h2-6,9,15H,7-8,10-13H2,1H3,(H,26,27). The van der Waals surface area contributed by atoms with Gasteiger partial charge < -0.3 is 15.1 Å².